The van der Waals surface area contributed by atoms with Crippen LogP contribution in [0.5, 0.6) is 11.5 Å². The Kier molecular flexibility index (Phi) is 5.81. The molecule has 1 aromatic heterocycles. The molecule has 0 aliphatic carbocycles. The van der Waals surface area contributed by atoms with Gasteiger partial charge in [0.25, 0.3) is 5.56 Å². The number of nitrogens with one attached hydrogen (secondary N) is 1. The second-order valence-corrected chi connectivity index (χ2v) is 6.99. The molecular formula is C16H19FN2O5S. The molecule has 0 amide bonds. The van der Waals surface area contributed by atoms with Gasteiger partial charge in [-0.2, -0.15) is 0 Å². The number of sulfonamides is 1. The fourth-order valence-electron chi connectivity index (χ4n) is 2.29. The summed E-state index contributed by atoms with van der Waals surface area (Å²) in [5.41, 5.74) is 0.338. The second kappa shape index (κ2) is 7.66. The van der Waals surface area contributed by atoms with Gasteiger partial charge in [0.1, 0.15) is 5.75 Å². The summed E-state index contributed by atoms with van der Waals surface area (Å²) in [5.74, 6) is -0.375. The fourth-order valence-corrected chi connectivity index (χ4v) is 3.33. The van der Waals surface area contributed by atoms with Crippen molar-refractivity contribution in [2.75, 3.05) is 20.8 Å². The first-order valence-corrected chi connectivity index (χ1v) is 8.85. The van der Waals surface area contributed by atoms with Crippen molar-refractivity contribution in [2.24, 2.45) is 0 Å². The Hall–Kier alpha value is -2.39. The molecule has 2 aromatic rings. The van der Waals surface area contributed by atoms with Crippen LogP contribution in [-0.4, -0.2) is 33.7 Å². The van der Waals surface area contributed by atoms with E-state index in [1.54, 1.807) is 13.0 Å². The average molecular weight is 370 g/mol. The molecular weight excluding hydrogens is 351 g/mol. The van der Waals surface area contributed by atoms with Gasteiger partial charge in [0.2, 0.25) is 10.0 Å². The number of hydrogen-bond donors (Lipinski definition) is 1. The normalized spacial score (nSPS) is 11.4. The minimum Gasteiger partial charge on any atom is -0.496 e. The van der Waals surface area contributed by atoms with Crippen molar-refractivity contribution < 1.29 is 22.3 Å². The molecule has 7 nitrogen and oxygen atoms in total. The van der Waals surface area contributed by atoms with E-state index < -0.39 is 15.8 Å². The van der Waals surface area contributed by atoms with Gasteiger partial charge in [-0.1, -0.05) is 0 Å². The average Bonchev–Trinajstić information content (AvgIpc) is 2.56. The number of hydrogen-bond acceptors (Lipinski definition) is 5. The van der Waals surface area contributed by atoms with E-state index in [9.17, 15) is 17.6 Å². The molecule has 0 unspecified atom stereocenters. The van der Waals surface area contributed by atoms with Crippen LogP contribution in [0.2, 0.25) is 0 Å². The van der Waals surface area contributed by atoms with E-state index in [4.69, 9.17) is 9.47 Å². The fraction of sp³-hybridized carbons (Fsp3) is 0.312. The summed E-state index contributed by atoms with van der Waals surface area (Å²) >= 11 is 0. The molecule has 1 heterocycles. The second-order valence-electron chi connectivity index (χ2n) is 5.22. The van der Waals surface area contributed by atoms with E-state index in [1.165, 1.54) is 37.0 Å². The van der Waals surface area contributed by atoms with Crippen molar-refractivity contribution in [1.29, 1.82) is 0 Å². The van der Waals surface area contributed by atoms with E-state index in [0.29, 0.717) is 11.4 Å². The predicted octanol–water partition coefficient (Wildman–Crippen LogP) is 1.29. The number of aryl methyl sites for hydroxylation is 1. The first-order valence-electron chi connectivity index (χ1n) is 7.37. The zero-order chi connectivity index (χ0) is 18.6. The molecule has 0 fully saturated rings. The largest absolute Gasteiger partial charge is 0.496 e. The molecule has 136 valence electrons. The number of nitrogens with zero attached hydrogens (tertiary/aromatic N) is 1. The Morgan fingerprint density at radius 1 is 1.16 bits per heavy atom. The molecule has 0 aliphatic rings. The highest BCUT2D eigenvalue weighted by molar-refractivity contribution is 7.89. The molecule has 0 radical (unpaired) electrons. The number of halogens is 1. The minimum absolute atomic E-state index is 0.0247. The molecule has 0 bridgehead atoms. The van der Waals surface area contributed by atoms with Gasteiger partial charge in [-0.05, 0) is 31.2 Å². The topological polar surface area (TPSA) is 86.6 Å². The van der Waals surface area contributed by atoms with Gasteiger partial charge in [-0.25, -0.2) is 17.5 Å². The zero-order valence-electron chi connectivity index (χ0n) is 14.1. The SMILES string of the molecule is COc1cc(C)n(CCNS(=O)(=O)c2ccc(OC)c(F)c2)c(=O)c1. The molecule has 0 saturated heterocycles. The van der Waals surface area contributed by atoms with E-state index in [0.717, 1.165) is 6.07 Å². The lowest BCUT2D eigenvalue weighted by atomic mass is 10.3. The van der Waals surface area contributed by atoms with Gasteiger partial charge in [0.15, 0.2) is 11.6 Å². The van der Waals surface area contributed by atoms with E-state index in [2.05, 4.69) is 4.72 Å². The summed E-state index contributed by atoms with van der Waals surface area (Å²) in [6.07, 6.45) is 0. The van der Waals surface area contributed by atoms with E-state index >= 15 is 0 Å². The molecule has 25 heavy (non-hydrogen) atoms. The molecule has 0 atom stereocenters. The number of methoxy groups -OCH3 is 2. The minimum atomic E-state index is -3.90. The Morgan fingerprint density at radius 2 is 1.88 bits per heavy atom. The molecule has 9 heteroatoms. The van der Waals surface area contributed by atoms with Gasteiger partial charge in [-0.15, -0.1) is 0 Å². The number of ether oxygens (including phenoxy) is 2. The summed E-state index contributed by atoms with van der Waals surface area (Å²) in [7, 11) is -1.15. The molecule has 1 aromatic carbocycles. The van der Waals surface area contributed by atoms with Crippen molar-refractivity contribution in [1.82, 2.24) is 9.29 Å². The lowest BCUT2D eigenvalue weighted by Crippen LogP contribution is -2.31. The standard InChI is InChI=1S/C16H19FN2O5S/c1-11-8-12(23-2)9-16(20)19(11)7-6-18-25(21,22)13-4-5-15(24-3)14(17)10-13/h4-5,8-10,18H,6-7H2,1-3H3. The van der Waals surface area contributed by atoms with Gasteiger partial charge >= 0.3 is 0 Å². The first kappa shape index (κ1) is 18.9. The highest BCUT2D eigenvalue weighted by Gasteiger charge is 2.16. The maximum atomic E-state index is 13.7. The monoisotopic (exact) mass is 370 g/mol. The Balaban J connectivity index is 2.11. The van der Waals surface area contributed by atoms with Crippen molar-refractivity contribution in [3.05, 3.63) is 52.2 Å². The van der Waals surface area contributed by atoms with Crippen LogP contribution in [0.25, 0.3) is 0 Å². The molecule has 0 spiro atoms. The van der Waals surface area contributed by atoms with Crippen LogP contribution in [0.1, 0.15) is 5.69 Å². The number of pyridine rings is 1. The van der Waals surface area contributed by atoms with Gasteiger partial charge in [0.05, 0.1) is 19.1 Å². The summed E-state index contributed by atoms with van der Waals surface area (Å²) in [6.45, 7) is 1.83. The lowest BCUT2D eigenvalue weighted by molar-refractivity contribution is 0.385. The third-order valence-corrected chi connectivity index (χ3v) is 5.06. The van der Waals surface area contributed by atoms with Crippen LogP contribution in [0.4, 0.5) is 4.39 Å². The summed E-state index contributed by atoms with van der Waals surface area (Å²) in [6, 6.07) is 6.36. The van der Waals surface area contributed by atoms with Crippen LogP contribution in [0.3, 0.4) is 0 Å². The third kappa shape index (κ3) is 4.37. The van der Waals surface area contributed by atoms with Crippen molar-refractivity contribution in [3.8, 4) is 11.5 Å². The Bertz CT molecular complexity index is 925. The maximum Gasteiger partial charge on any atom is 0.254 e. The highest BCUT2D eigenvalue weighted by atomic mass is 32.2. The first-order chi connectivity index (χ1) is 11.8. The van der Waals surface area contributed by atoms with E-state index in [-0.39, 0.29) is 29.3 Å². The Labute approximate surface area is 145 Å². The smallest absolute Gasteiger partial charge is 0.254 e. The maximum absolute atomic E-state index is 13.7. The lowest BCUT2D eigenvalue weighted by Gasteiger charge is -2.12. The molecule has 1 N–H and O–H groups in total. The summed E-state index contributed by atoms with van der Waals surface area (Å²) in [4.78, 5) is 11.8. The predicted molar refractivity (Wildman–Crippen MR) is 90.1 cm³/mol. The molecule has 2 rings (SSSR count). The van der Waals surface area contributed by atoms with Crippen LogP contribution in [0.15, 0.2) is 40.0 Å². The van der Waals surface area contributed by atoms with Crippen molar-refractivity contribution >= 4 is 10.0 Å². The summed E-state index contributed by atoms with van der Waals surface area (Å²) < 4.78 is 51.6. The van der Waals surface area contributed by atoms with Crippen LogP contribution in [0, 0.1) is 12.7 Å². The summed E-state index contributed by atoms with van der Waals surface area (Å²) in [5, 5.41) is 0. The molecule has 0 saturated carbocycles. The highest BCUT2D eigenvalue weighted by Crippen LogP contribution is 2.20. The third-order valence-electron chi connectivity index (χ3n) is 3.61. The van der Waals surface area contributed by atoms with E-state index in [1.807, 2.05) is 0 Å². The van der Waals surface area contributed by atoms with Crippen LogP contribution < -0.4 is 19.8 Å². The van der Waals surface area contributed by atoms with Crippen LogP contribution in [-0.2, 0) is 16.6 Å². The van der Waals surface area contributed by atoms with Crippen molar-refractivity contribution in [3.63, 3.8) is 0 Å². The van der Waals surface area contributed by atoms with Gasteiger partial charge in [-0.3, -0.25) is 4.79 Å². The molecule has 0 aliphatic heterocycles. The zero-order valence-corrected chi connectivity index (χ0v) is 14.9. The number of benzene rings is 1. The van der Waals surface area contributed by atoms with Crippen molar-refractivity contribution in [2.45, 2.75) is 18.4 Å². The Morgan fingerprint density at radius 3 is 2.44 bits per heavy atom. The van der Waals surface area contributed by atoms with Gasteiger partial charge < -0.3 is 14.0 Å². The van der Waals surface area contributed by atoms with Gasteiger partial charge in [0, 0.05) is 24.8 Å². The number of aromatic nitrogens is 1. The quantitative estimate of drug-likeness (QED) is 0.794. The number of rotatable bonds is 7. The van der Waals surface area contributed by atoms with Crippen LogP contribution >= 0.6 is 0 Å².